The standard InChI is InChI=1S/C20H28N8O/c1-3-21-20(23-10-7-13-29-16-8-5-4-6-9-16)24-12-11-22-18-17-14-27-28(2)19(17)26-15-25-18/h4-6,8-9,14-15H,3,7,10-13H2,1-2H3,(H2,21,23,24)(H,22,25,26). The van der Waals surface area contributed by atoms with E-state index in [2.05, 4.69) is 36.0 Å². The van der Waals surface area contributed by atoms with Gasteiger partial charge in [0.05, 0.1) is 18.2 Å². The van der Waals surface area contributed by atoms with E-state index in [0.29, 0.717) is 26.2 Å². The molecular weight excluding hydrogens is 368 g/mol. The number of hydrogen-bond donors (Lipinski definition) is 3. The summed E-state index contributed by atoms with van der Waals surface area (Å²) in [7, 11) is 1.87. The Morgan fingerprint density at radius 2 is 2.00 bits per heavy atom. The Morgan fingerprint density at radius 3 is 2.83 bits per heavy atom. The highest BCUT2D eigenvalue weighted by Gasteiger charge is 2.07. The van der Waals surface area contributed by atoms with Gasteiger partial charge < -0.3 is 20.7 Å². The van der Waals surface area contributed by atoms with Gasteiger partial charge in [-0.15, -0.1) is 0 Å². The molecule has 0 spiro atoms. The van der Waals surface area contributed by atoms with Crippen LogP contribution in [0.25, 0.3) is 11.0 Å². The van der Waals surface area contributed by atoms with Gasteiger partial charge in [0, 0.05) is 39.6 Å². The quantitative estimate of drug-likeness (QED) is 0.273. The van der Waals surface area contributed by atoms with Crippen molar-refractivity contribution in [3.63, 3.8) is 0 Å². The van der Waals surface area contributed by atoms with Gasteiger partial charge in [0.25, 0.3) is 0 Å². The average molecular weight is 396 g/mol. The smallest absolute Gasteiger partial charge is 0.191 e. The Morgan fingerprint density at radius 1 is 1.14 bits per heavy atom. The fourth-order valence-electron chi connectivity index (χ4n) is 2.77. The second-order valence-corrected chi connectivity index (χ2v) is 6.36. The Hall–Kier alpha value is -3.36. The van der Waals surface area contributed by atoms with E-state index in [9.17, 15) is 0 Å². The molecule has 9 nitrogen and oxygen atoms in total. The van der Waals surface area contributed by atoms with Crippen LogP contribution in [0, 0.1) is 0 Å². The summed E-state index contributed by atoms with van der Waals surface area (Å²) in [6.07, 6.45) is 4.17. The van der Waals surface area contributed by atoms with E-state index in [1.165, 1.54) is 0 Å². The molecule has 0 amide bonds. The molecule has 3 N–H and O–H groups in total. The van der Waals surface area contributed by atoms with Crippen LogP contribution in [0.3, 0.4) is 0 Å². The molecule has 0 saturated heterocycles. The first kappa shape index (κ1) is 20.4. The number of aliphatic imine (C=N–C) groups is 1. The van der Waals surface area contributed by atoms with Crippen molar-refractivity contribution in [2.75, 3.05) is 38.1 Å². The van der Waals surface area contributed by atoms with Crippen LogP contribution in [-0.2, 0) is 7.05 Å². The first-order chi connectivity index (χ1) is 14.3. The maximum Gasteiger partial charge on any atom is 0.191 e. The monoisotopic (exact) mass is 396 g/mol. The minimum atomic E-state index is 0.642. The van der Waals surface area contributed by atoms with Crippen molar-refractivity contribution in [3.8, 4) is 5.75 Å². The number of guanidine groups is 1. The highest BCUT2D eigenvalue weighted by atomic mass is 16.5. The van der Waals surface area contributed by atoms with Gasteiger partial charge in [0.15, 0.2) is 11.6 Å². The molecule has 0 aliphatic heterocycles. The number of aromatic nitrogens is 4. The number of para-hydroxylation sites is 1. The summed E-state index contributed by atoms with van der Waals surface area (Å²) < 4.78 is 7.43. The zero-order chi connectivity index (χ0) is 20.3. The molecule has 0 saturated carbocycles. The number of ether oxygens (including phenoxy) is 1. The van der Waals surface area contributed by atoms with Crippen molar-refractivity contribution >= 4 is 22.8 Å². The zero-order valence-electron chi connectivity index (χ0n) is 16.9. The SMILES string of the molecule is CCNC(=NCCCOc1ccccc1)NCCNc1ncnc2c1cnn2C. The third kappa shape index (κ3) is 6.06. The molecule has 2 heterocycles. The molecule has 0 bridgehead atoms. The van der Waals surface area contributed by atoms with Gasteiger partial charge >= 0.3 is 0 Å². The molecule has 2 aromatic heterocycles. The van der Waals surface area contributed by atoms with Crippen LogP contribution in [0.5, 0.6) is 5.75 Å². The van der Waals surface area contributed by atoms with Crippen LogP contribution >= 0.6 is 0 Å². The number of fused-ring (bicyclic) bond motifs is 1. The topological polar surface area (TPSA) is 101 Å². The molecule has 29 heavy (non-hydrogen) atoms. The second kappa shape index (κ2) is 10.8. The molecule has 3 rings (SSSR count). The highest BCUT2D eigenvalue weighted by molar-refractivity contribution is 5.86. The van der Waals surface area contributed by atoms with E-state index in [0.717, 1.165) is 41.5 Å². The first-order valence-corrected chi connectivity index (χ1v) is 9.84. The molecule has 154 valence electrons. The van der Waals surface area contributed by atoms with Crippen LogP contribution in [0.4, 0.5) is 5.82 Å². The van der Waals surface area contributed by atoms with Gasteiger partial charge in [0.2, 0.25) is 0 Å². The molecule has 3 aromatic rings. The average Bonchev–Trinajstić information content (AvgIpc) is 3.13. The van der Waals surface area contributed by atoms with Gasteiger partial charge in [-0.25, -0.2) is 9.97 Å². The summed E-state index contributed by atoms with van der Waals surface area (Å²) in [5, 5.41) is 15.0. The maximum atomic E-state index is 5.69. The van der Waals surface area contributed by atoms with Crippen molar-refractivity contribution in [3.05, 3.63) is 42.9 Å². The van der Waals surface area contributed by atoms with E-state index in [1.54, 1.807) is 17.2 Å². The lowest BCUT2D eigenvalue weighted by Crippen LogP contribution is -2.39. The van der Waals surface area contributed by atoms with Crippen LogP contribution in [0.2, 0.25) is 0 Å². The van der Waals surface area contributed by atoms with Gasteiger partial charge in [0.1, 0.15) is 17.9 Å². The van der Waals surface area contributed by atoms with Gasteiger partial charge in [-0.05, 0) is 19.1 Å². The van der Waals surface area contributed by atoms with Gasteiger partial charge in [-0.3, -0.25) is 9.67 Å². The number of nitrogens with zero attached hydrogens (tertiary/aromatic N) is 5. The van der Waals surface area contributed by atoms with E-state index < -0.39 is 0 Å². The third-order valence-electron chi connectivity index (χ3n) is 4.17. The number of anilines is 1. The van der Waals surface area contributed by atoms with Crippen molar-refractivity contribution in [1.82, 2.24) is 30.4 Å². The van der Waals surface area contributed by atoms with Crippen LogP contribution in [0.1, 0.15) is 13.3 Å². The molecule has 0 aliphatic carbocycles. The molecule has 0 unspecified atom stereocenters. The maximum absolute atomic E-state index is 5.69. The number of hydrogen-bond acceptors (Lipinski definition) is 6. The van der Waals surface area contributed by atoms with E-state index in [-0.39, 0.29) is 0 Å². The van der Waals surface area contributed by atoms with Gasteiger partial charge in [-0.2, -0.15) is 5.10 Å². The predicted octanol–water partition coefficient (Wildman–Crippen LogP) is 1.80. The van der Waals surface area contributed by atoms with Gasteiger partial charge in [-0.1, -0.05) is 18.2 Å². The van der Waals surface area contributed by atoms with Crippen molar-refractivity contribution in [1.29, 1.82) is 0 Å². The highest BCUT2D eigenvalue weighted by Crippen LogP contribution is 2.17. The third-order valence-corrected chi connectivity index (χ3v) is 4.17. The summed E-state index contributed by atoms with van der Waals surface area (Å²) in [5.41, 5.74) is 0.808. The molecular formula is C20H28N8O. The molecule has 0 radical (unpaired) electrons. The van der Waals surface area contributed by atoms with Crippen LogP contribution in [-0.4, -0.2) is 58.5 Å². The number of benzene rings is 1. The van der Waals surface area contributed by atoms with Crippen LogP contribution in [0.15, 0.2) is 47.8 Å². The lowest BCUT2D eigenvalue weighted by molar-refractivity contribution is 0.313. The summed E-state index contributed by atoms with van der Waals surface area (Å²) in [4.78, 5) is 13.1. The Balaban J connectivity index is 1.40. The summed E-state index contributed by atoms with van der Waals surface area (Å²) in [5.74, 6) is 2.47. The lowest BCUT2D eigenvalue weighted by Gasteiger charge is -2.12. The van der Waals surface area contributed by atoms with Crippen molar-refractivity contribution in [2.24, 2.45) is 12.0 Å². The lowest BCUT2D eigenvalue weighted by atomic mass is 10.3. The minimum absolute atomic E-state index is 0.642. The Bertz CT molecular complexity index is 909. The predicted molar refractivity (Wildman–Crippen MR) is 115 cm³/mol. The zero-order valence-corrected chi connectivity index (χ0v) is 16.9. The summed E-state index contributed by atoms with van der Waals surface area (Å²) in [6.45, 7) is 5.59. The molecule has 0 atom stereocenters. The van der Waals surface area contributed by atoms with E-state index >= 15 is 0 Å². The molecule has 0 aliphatic rings. The number of rotatable bonds is 10. The van der Waals surface area contributed by atoms with Crippen molar-refractivity contribution in [2.45, 2.75) is 13.3 Å². The Labute approximate surface area is 170 Å². The first-order valence-electron chi connectivity index (χ1n) is 9.84. The molecule has 1 aromatic carbocycles. The van der Waals surface area contributed by atoms with E-state index in [4.69, 9.17) is 4.74 Å². The minimum Gasteiger partial charge on any atom is -0.494 e. The fourth-order valence-corrected chi connectivity index (χ4v) is 2.77. The number of aryl methyl sites for hydroxylation is 1. The fraction of sp³-hybridized carbons (Fsp3) is 0.400. The largest absolute Gasteiger partial charge is 0.494 e. The molecule has 9 heteroatoms. The van der Waals surface area contributed by atoms with E-state index in [1.807, 2.05) is 44.3 Å². The van der Waals surface area contributed by atoms with Crippen LogP contribution < -0.4 is 20.7 Å². The molecule has 0 fully saturated rings. The van der Waals surface area contributed by atoms with Crippen molar-refractivity contribution < 1.29 is 4.74 Å². The summed E-state index contributed by atoms with van der Waals surface area (Å²) >= 11 is 0. The summed E-state index contributed by atoms with van der Waals surface area (Å²) in [6, 6.07) is 9.83. The second-order valence-electron chi connectivity index (χ2n) is 6.36. The number of nitrogens with one attached hydrogen (secondary N) is 3. The Kier molecular flexibility index (Phi) is 7.62. The normalized spacial score (nSPS) is 11.4.